The highest BCUT2D eigenvalue weighted by Gasteiger charge is 2.33. The standard InChI is InChI=1S/C16H29N5O7/c1-4-7(2)12(20-11(24)6-17)15(26)19-9(5-10(18)23)14(25)21-13(8(3)22)16(27)28/h7-9,12-13,22H,4-6,17H2,1-3H3,(H2,18,23)(H,19,26)(H,20,24)(H,21,25)(H,27,28). The average molecular weight is 403 g/mol. The van der Waals surface area contributed by atoms with Crippen molar-refractivity contribution in [3.63, 3.8) is 0 Å². The molecule has 160 valence electrons. The van der Waals surface area contributed by atoms with Crippen molar-refractivity contribution in [2.75, 3.05) is 6.54 Å². The number of amides is 4. The Kier molecular flexibility index (Phi) is 10.7. The highest BCUT2D eigenvalue weighted by Crippen LogP contribution is 2.09. The fourth-order valence-electron chi connectivity index (χ4n) is 2.25. The number of carbonyl (C=O) groups excluding carboxylic acids is 4. The lowest BCUT2D eigenvalue weighted by Crippen LogP contribution is -2.59. The van der Waals surface area contributed by atoms with E-state index in [4.69, 9.17) is 16.6 Å². The third-order valence-electron chi connectivity index (χ3n) is 4.08. The van der Waals surface area contributed by atoms with Gasteiger partial charge >= 0.3 is 5.97 Å². The largest absolute Gasteiger partial charge is 0.480 e. The molecule has 0 aliphatic carbocycles. The minimum atomic E-state index is -1.65. The summed E-state index contributed by atoms with van der Waals surface area (Å²) in [7, 11) is 0. The molecule has 5 atom stereocenters. The van der Waals surface area contributed by atoms with Crippen LogP contribution in [-0.4, -0.2) is 70.6 Å². The molecule has 0 radical (unpaired) electrons. The zero-order valence-corrected chi connectivity index (χ0v) is 16.1. The van der Waals surface area contributed by atoms with Gasteiger partial charge in [-0.3, -0.25) is 19.2 Å². The van der Waals surface area contributed by atoms with Crippen molar-refractivity contribution >= 4 is 29.6 Å². The maximum Gasteiger partial charge on any atom is 0.328 e. The molecule has 0 aromatic heterocycles. The lowest BCUT2D eigenvalue weighted by Gasteiger charge is -2.27. The van der Waals surface area contributed by atoms with Gasteiger partial charge in [-0.05, 0) is 12.8 Å². The van der Waals surface area contributed by atoms with E-state index in [1.165, 1.54) is 0 Å². The minimum absolute atomic E-state index is 0.322. The summed E-state index contributed by atoms with van der Waals surface area (Å²) in [5.74, 6) is -5.11. The molecule has 0 rings (SSSR count). The van der Waals surface area contributed by atoms with Crippen LogP contribution in [-0.2, 0) is 24.0 Å². The predicted molar refractivity (Wildman–Crippen MR) is 97.4 cm³/mol. The molecule has 5 unspecified atom stereocenters. The van der Waals surface area contributed by atoms with E-state index in [0.29, 0.717) is 6.42 Å². The summed E-state index contributed by atoms with van der Waals surface area (Å²) in [5.41, 5.74) is 10.3. The van der Waals surface area contributed by atoms with Gasteiger partial charge in [0.15, 0.2) is 6.04 Å². The summed E-state index contributed by atoms with van der Waals surface area (Å²) in [6, 6.07) is -4.18. The van der Waals surface area contributed by atoms with E-state index >= 15 is 0 Å². The lowest BCUT2D eigenvalue weighted by atomic mass is 9.97. The molecule has 12 heteroatoms. The van der Waals surface area contributed by atoms with Crippen molar-refractivity contribution in [2.45, 2.75) is 57.8 Å². The number of carboxylic acid groups (broad SMARTS) is 1. The first kappa shape index (κ1) is 25.3. The maximum absolute atomic E-state index is 12.6. The van der Waals surface area contributed by atoms with E-state index in [0.717, 1.165) is 6.92 Å². The van der Waals surface area contributed by atoms with Gasteiger partial charge in [0.05, 0.1) is 19.1 Å². The molecule has 4 amide bonds. The van der Waals surface area contributed by atoms with E-state index in [-0.39, 0.29) is 12.5 Å². The molecule has 0 aromatic carbocycles. The van der Waals surface area contributed by atoms with E-state index in [1.54, 1.807) is 13.8 Å². The zero-order valence-electron chi connectivity index (χ0n) is 16.1. The fourth-order valence-corrected chi connectivity index (χ4v) is 2.25. The number of aliphatic carboxylic acids is 1. The summed E-state index contributed by atoms with van der Waals surface area (Å²) in [6.07, 6.45) is -1.52. The Labute approximate surface area is 162 Å². The van der Waals surface area contributed by atoms with Gasteiger partial charge in [-0.1, -0.05) is 20.3 Å². The molecule has 12 nitrogen and oxygen atoms in total. The number of aliphatic hydroxyl groups excluding tert-OH is 1. The molecule has 9 N–H and O–H groups in total. The third-order valence-corrected chi connectivity index (χ3v) is 4.08. The number of hydrogen-bond donors (Lipinski definition) is 7. The van der Waals surface area contributed by atoms with Gasteiger partial charge in [-0.2, -0.15) is 0 Å². The highest BCUT2D eigenvalue weighted by molar-refractivity contribution is 5.96. The van der Waals surface area contributed by atoms with Crippen LogP contribution in [0.4, 0.5) is 0 Å². The van der Waals surface area contributed by atoms with Crippen LogP contribution in [0.3, 0.4) is 0 Å². The first-order valence-corrected chi connectivity index (χ1v) is 8.73. The number of nitrogens with two attached hydrogens (primary N) is 2. The molecule has 0 spiro atoms. The topological polar surface area (TPSA) is 214 Å². The highest BCUT2D eigenvalue weighted by atomic mass is 16.4. The van der Waals surface area contributed by atoms with Gasteiger partial charge in [-0.15, -0.1) is 0 Å². The number of primary amides is 1. The van der Waals surface area contributed by atoms with E-state index in [2.05, 4.69) is 10.6 Å². The Morgan fingerprint density at radius 3 is 1.93 bits per heavy atom. The Morgan fingerprint density at radius 2 is 1.54 bits per heavy atom. The van der Waals surface area contributed by atoms with Crippen molar-refractivity contribution in [1.29, 1.82) is 0 Å². The van der Waals surface area contributed by atoms with Gasteiger partial charge in [0.25, 0.3) is 0 Å². The van der Waals surface area contributed by atoms with Gasteiger partial charge in [0.2, 0.25) is 23.6 Å². The molecule has 0 aliphatic heterocycles. The van der Waals surface area contributed by atoms with Gasteiger partial charge in [0, 0.05) is 0 Å². The minimum Gasteiger partial charge on any atom is -0.480 e. The van der Waals surface area contributed by atoms with E-state index in [1.807, 2.05) is 5.32 Å². The van der Waals surface area contributed by atoms with Crippen LogP contribution in [0.15, 0.2) is 0 Å². The van der Waals surface area contributed by atoms with Crippen LogP contribution in [0.25, 0.3) is 0 Å². The van der Waals surface area contributed by atoms with Gasteiger partial charge in [0.1, 0.15) is 12.1 Å². The second-order valence-corrected chi connectivity index (χ2v) is 6.43. The maximum atomic E-state index is 12.6. The van der Waals surface area contributed by atoms with Crippen molar-refractivity contribution in [3.05, 3.63) is 0 Å². The molecule has 0 bridgehead atoms. The molecule has 0 aliphatic rings. The molecular formula is C16H29N5O7. The summed E-state index contributed by atoms with van der Waals surface area (Å²) in [4.78, 5) is 58.9. The lowest BCUT2D eigenvalue weighted by molar-refractivity contribution is -0.145. The monoisotopic (exact) mass is 403 g/mol. The second-order valence-electron chi connectivity index (χ2n) is 6.43. The number of carbonyl (C=O) groups is 5. The van der Waals surface area contributed by atoms with Crippen LogP contribution in [0.1, 0.15) is 33.6 Å². The summed E-state index contributed by atoms with van der Waals surface area (Å²) in [6.45, 7) is 4.29. The second kappa shape index (κ2) is 11.9. The zero-order chi connectivity index (χ0) is 22.0. The van der Waals surface area contributed by atoms with Crippen LogP contribution >= 0.6 is 0 Å². The first-order valence-electron chi connectivity index (χ1n) is 8.73. The Morgan fingerprint density at radius 1 is 0.964 bits per heavy atom. The van der Waals surface area contributed by atoms with Crippen LogP contribution in [0.2, 0.25) is 0 Å². The molecule has 0 saturated heterocycles. The summed E-state index contributed by atoms with van der Waals surface area (Å²) >= 11 is 0. The van der Waals surface area contributed by atoms with Crippen LogP contribution < -0.4 is 27.4 Å². The fraction of sp³-hybridized carbons (Fsp3) is 0.688. The first-order chi connectivity index (χ1) is 12.9. The van der Waals surface area contributed by atoms with Crippen LogP contribution in [0.5, 0.6) is 0 Å². The Hall–Kier alpha value is -2.73. The van der Waals surface area contributed by atoms with E-state index < -0.39 is 60.2 Å². The normalized spacial score (nSPS) is 16.0. The number of carboxylic acids is 1. The number of aliphatic hydroxyl groups is 1. The number of rotatable bonds is 12. The van der Waals surface area contributed by atoms with Crippen molar-refractivity contribution in [2.24, 2.45) is 17.4 Å². The summed E-state index contributed by atoms with van der Waals surface area (Å²) in [5, 5.41) is 25.3. The van der Waals surface area contributed by atoms with Crippen molar-refractivity contribution < 1.29 is 34.2 Å². The van der Waals surface area contributed by atoms with Gasteiger partial charge < -0.3 is 37.6 Å². The molecular weight excluding hydrogens is 374 g/mol. The Bertz CT molecular complexity index is 596. The molecule has 0 fully saturated rings. The van der Waals surface area contributed by atoms with Gasteiger partial charge in [-0.25, -0.2) is 4.79 Å². The SMILES string of the molecule is CCC(C)C(NC(=O)CN)C(=O)NC(CC(N)=O)C(=O)NC(C(=O)O)C(C)O. The third kappa shape index (κ3) is 8.31. The smallest absolute Gasteiger partial charge is 0.328 e. The van der Waals surface area contributed by atoms with E-state index in [9.17, 15) is 29.1 Å². The predicted octanol–water partition coefficient (Wildman–Crippen LogP) is -3.21. The summed E-state index contributed by atoms with van der Waals surface area (Å²) < 4.78 is 0. The average Bonchev–Trinajstić information content (AvgIpc) is 2.61. The number of hydrogen-bond acceptors (Lipinski definition) is 7. The molecule has 0 heterocycles. The molecule has 0 saturated carbocycles. The number of nitrogens with one attached hydrogen (secondary N) is 3. The Balaban J connectivity index is 5.45. The van der Waals surface area contributed by atoms with Crippen LogP contribution in [0, 0.1) is 5.92 Å². The van der Waals surface area contributed by atoms with Crippen molar-refractivity contribution in [3.8, 4) is 0 Å². The van der Waals surface area contributed by atoms with Crippen molar-refractivity contribution in [1.82, 2.24) is 16.0 Å². The quantitative estimate of drug-likeness (QED) is 0.175. The molecule has 0 aromatic rings. The molecule has 28 heavy (non-hydrogen) atoms.